The van der Waals surface area contributed by atoms with Gasteiger partial charge in [-0.2, -0.15) is 4.31 Å². The second kappa shape index (κ2) is 10.0. The second-order valence-corrected chi connectivity index (χ2v) is 9.68. The highest BCUT2D eigenvalue weighted by atomic mass is 32.2. The van der Waals surface area contributed by atoms with Gasteiger partial charge in [-0.05, 0) is 55.5 Å². The van der Waals surface area contributed by atoms with Crippen LogP contribution in [0.5, 0.6) is 0 Å². The molecule has 0 atom stereocenters. The number of sulfonamides is 1. The van der Waals surface area contributed by atoms with Crippen LogP contribution in [0.2, 0.25) is 0 Å². The first-order chi connectivity index (χ1) is 14.0. The van der Waals surface area contributed by atoms with Gasteiger partial charge >= 0.3 is 0 Å². The van der Waals surface area contributed by atoms with Crippen molar-refractivity contribution in [2.24, 2.45) is 0 Å². The van der Waals surface area contributed by atoms with Crippen molar-refractivity contribution in [1.82, 2.24) is 9.62 Å². The minimum Gasteiger partial charge on any atom is -0.352 e. The summed E-state index contributed by atoms with van der Waals surface area (Å²) in [6.45, 7) is 0.582. The highest BCUT2D eigenvalue weighted by molar-refractivity contribution is 7.89. The van der Waals surface area contributed by atoms with Crippen molar-refractivity contribution < 1.29 is 13.2 Å². The van der Waals surface area contributed by atoms with Crippen molar-refractivity contribution in [2.45, 2.75) is 55.9 Å². The quantitative estimate of drug-likeness (QED) is 0.664. The summed E-state index contributed by atoms with van der Waals surface area (Å²) in [7, 11) is -1.87. The van der Waals surface area contributed by atoms with E-state index in [9.17, 15) is 13.2 Å². The Morgan fingerprint density at radius 2 is 1.66 bits per heavy atom. The van der Waals surface area contributed by atoms with E-state index in [0.717, 1.165) is 38.5 Å². The van der Waals surface area contributed by atoms with Crippen LogP contribution in [0.15, 0.2) is 59.5 Å². The Hall–Kier alpha value is -2.18. The van der Waals surface area contributed by atoms with Crippen molar-refractivity contribution in [2.75, 3.05) is 13.6 Å². The summed E-state index contributed by atoms with van der Waals surface area (Å²) >= 11 is 0. The Kier molecular flexibility index (Phi) is 7.45. The van der Waals surface area contributed by atoms with Gasteiger partial charge in [0.2, 0.25) is 10.0 Å². The van der Waals surface area contributed by atoms with E-state index in [0.29, 0.717) is 12.1 Å². The molecule has 1 amide bonds. The van der Waals surface area contributed by atoms with Gasteiger partial charge < -0.3 is 5.32 Å². The third kappa shape index (κ3) is 5.67. The van der Waals surface area contributed by atoms with Gasteiger partial charge in [0, 0.05) is 25.2 Å². The van der Waals surface area contributed by atoms with Crippen LogP contribution in [0.25, 0.3) is 0 Å². The van der Waals surface area contributed by atoms with Crippen molar-refractivity contribution in [3.05, 3.63) is 65.7 Å². The predicted octanol–water partition coefficient (Wildman–Crippen LogP) is 4.00. The van der Waals surface area contributed by atoms with Crippen LogP contribution < -0.4 is 5.32 Å². The molecule has 1 aliphatic rings. The molecule has 29 heavy (non-hydrogen) atoms. The van der Waals surface area contributed by atoms with E-state index in [4.69, 9.17) is 0 Å². The van der Waals surface area contributed by atoms with Crippen LogP contribution in [0.1, 0.15) is 54.4 Å². The zero-order chi connectivity index (χ0) is 20.7. The highest BCUT2D eigenvalue weighted by Gasteiger charge is 2.29. The Labute approximate surface area is 174 Å². The maximum atomic E-state index is 12.9. The molecule has 0 heterocycles. The maximum absolute atomic E-state index is 12.9. The Morgan fingerprint density at radius 3 is 2.31 bits per heavy atom. The van der Waals surface area contributed by atoms with Crippen LogP contribution in [-0.4, -0.2) is 38.3 Å². The van der Waals surface area contributed by atoms with E-state index >= 15 is 0 Å². The summed E-state index contributed by atoms with van der Waals surface area (Å²) in [4.78, 5) is 12.6. The van der Waals surface area contributed by atoms with Gasteiger partial charge in [-0.25, -0.2) is 8.42 Å². The molecule has 2 aromatic carbocycles. The molecule has 0 aromatic heterocycles. The van der Waals surface area contributed by atoms with Gasteiger partial charge in [0.1, 0.15) is 0 Å². The molecule has 1 saturated carbocycles. The number of amides is 1. The minimum absolute atomic E-state index is 0.0707. The average Bonchev–Trinajstić information content (AvgIpc) is 2.77. The molecule has 156 valence electrons. The lowest BCUT2D eigenvalue weighted by Crippen LogP contribution is -2.38. The number of rotatable bonds is 8. The molecule has 1 N–H and O–H groups in total. The zero-order valence-electron chi connectivity index (χ0n) is 17.0. The number of hydrogen-bond donors (Lipinski definition) is 1. The van der Waals surface area contributed by atoms with Gasteiger partial charge in [-0.15, -0.1) is 0 Å². The van der Waals surface area contributed by atoms with Crippen LogP contribution in [0.4, 0.5) is 0 Å². The lowest BCUT2D eigenvalue weighted by atomic mass is 9.96. The van der Waals surface area contributed by atoms with Crippen LogP contribution in [0, 0.1) is 0 Å². The summed E-state index contributed by atoms with van der Waals surface area (Å²) in [6.07, 6.45) is 6.93. The van der Waals surface area contributed by atoms with Crippen molar-refractivity contribution in [3.8, 4) is 0 Å². The molecule has 3 rings (SSSR count). The number of nitrogens with zero attached hydrogens (tertiary/aromatic N) is 1. The number of hydrogen-bond acceptors (Lipinski definition) is 3. The Balaban J connectivity index is 1.53. The summed E-state index contributed by atoms with van der Waals surface area (Å²) in [5.74, 6) is -0.178. The van der Waals surface area contributed by atoms with E-state index in [1.807, 2.05) is 18.2 Å². The monoisotopic (exact) mass is 414 g/mol. The molecule has 0 unspecified atom stereocenters. The summed E-state index contributed by atoms with van der Waals surface area (Å²) in [6, 6.07) is 16.5. The van der Waals surface area contributed by atoms with Gasteiger partial charge in [0.15, 0.2) is 0 Å². The van der Waals surface area contributed by atoms with Gasteiger partial charge in [0.05, 0.1) is 4.90 Å². The fourth-order valence-corrected chi connectivity index (χ4v) is 5.24. The molecule has 2 aromatic rings. The number of benzene rings is 2. The summed E-state index contributed by atoms with van der Waals surface area (Å²) in [5, 5.41) is 2.90. The number of carbonyl (C=O) groups excluding carboxylic acids is 1. The van der Waals surface area contributed by atoms with E-state index in [-0.39, 0.29) is 16.8 Å². The fraction of sp³-hybridized carbons (Fsp3) is 0.435. The average molecular weight is 415 g/mol. The van der Waals surface area contributed by atoms with E-state index in [1.54, 1.807) is 19.2 Å². The normalized spacial score (nSPS) is 15.4. The van der Waals surface area contributed by atoms with E-state index < -0.39 is 10.0 Å². The first-order valence-corrected chi connectivity index (χ1v) is 11.8. The van der Waals surface area contributed by atoms with Crippen molar-refractivity contribution >= 4 is 15.9 Å². The smallest absolute Gasteiger partial charge is 0.251 e. The standard InChI is InChI=1S/C23H30N2O3S/c1-25(21-12-6-3-7-13-21)29(27,28)22-16-14-20(15-17-22)23(26)24-18-8-11-19-9-4-2-5-10-19/h2,4-5,9-10,14-17,21H,3,6-8,11-13,18H2,1H3,(H,24,26). The minimum atomic E-state index is -3.53. The molecule has 0 radical (unpaired) electrons. The third-order valence-corrected chi connectivity index (χ3v) is 7.58. The number of carbonyl (C=O) groups is 1. The SMILES string of the molecule is CN(C1CCCCC1)S(=O)(=O)c1ccc(C(=O)NCCCc2ccccc2)cc1. The van der Waals surface area contributed by atoms with E-state index in [1.165, 1.54) is 28.4 Å². The zero-order valence-corrected chi connectivity index (χ0v) is 17.8. The van der Waals surface area contributed by atoms with E-state index in [2.05, 4.69) is 17.4 Å². The van der Waals surface area contributed by atoms with Gasteiger partial charge in [-0.3, -0.25) is 4.79 Å². The molecular weight excluding hydrogens is 384 g/mol. The number of aryl methyl sites for hydroxylation is 1. The molecule has 1 fully saturated rings. The first kappa shape index (κ1) is 21.5. The van der Waals surface area contributed by atoms with Crippen molar-refractivity contribution in [3.63, 3.8) is 0 Å². The molecule has 0 aliphatic heterocycles. The van der Waals surface area contributed by atoms with Crippen LogP contribution in [0.3, 0.4) is 0 Å². The molecule has 0 spiro atoms. The lowest BCUT2D eigenvalue weighted by molar-refractivity contribution is 0.0953. The summed E-state index contributed by atoms with van der Waals surface area (Å²) < 4.78 is 27.3. The molecule has 0 bridgehead atoms. The Bertz CT molecular complexity index is 889. The molecule has 5 nitrogen and oxygen atoms in total. The van der Waals surface area contributed by atoms with Crippen LogP contribution in [-0.2, 0) is 16.4 Å². The fourth-order valence-electron chi connectivity index (χ4n) is 3.83. The van der Waals surface area contributed by atoms with Crippen molar-refractivity contribution in [1.29, 1.82) is 0 Å². The Morgan fingerprint density at radius 1 is 1.00 bits per heavy atom. The van der Waals surface area contributed by atoms with Crippen LogP contribution >= 0.6 is 0 Å². The molecule has 1 aliphatic carbocycles. The molecular formula is C23H30N2O3S. The maximum Gasteiger partial charge on any atom is 0.251 e. The second-order valence-electron chi connectivity index (χ2n) is 7.68. The predicted molar refractivity (Wildman–Crippen MR) is 115 cm³/mol. The summed E-state index contributed by atoms with van der Waals surface area (Å²) in [5.41, 5.74) is 1.72. The molecule has 6 heteroatoms. The third-order valence-electron chi connectivity index (χ3n) is 5.65. The lowest BCUT2D eigenvalue weighted by Gasteiger charge is -2.30. The highest BCUT2D eigenvalue weighted by Crippen LogP contribution is 2.26. The largest absolute Gasteiger partial charge is 0.352 e. The first-order valence-electron chi connectivity index (χ1n) is 10.4. The topological polar surface area (TPSA) is 66.5 Å². The molecule has 0 saturated heterocycles. The van der Waals surface area contributed by atoms with Gasteiger partial charge in [-0.1, -0.05) is 49.6 Å². The number of nitrogens with one attached hydrogen (secondary N) is 1. The van der Waals surface area contributed by atoms with Gasteiger partial charge in [0.25, 0.3) is 5.91 Å².